The van der Waals surface area contributed by atoms with Crippen LogP contribution in [0.2, 0.25) is 0 Å². The largest absolute Gasteiger partial charge is 0.457 e. The molecule has 0 fully saturated rings. The first kappa shape index (κ1) is 25.8. The van der Waals surface area contributed by atoms with Crippen LogP contribution in [-0.4, -0.2) is 27.8 Å². The fourth-order valence-electron chi connectivity index (χ4n) is 3.15. The molecule has 3 aromatic carbocycles. The Balaban J connectivity index is 1.59. The maximum Gasteiger partial charge on any atom is 0.327 e. The lowest BCUT2D eigenvalue weighted by molar-refractivity contribution is -0.121. The zero-order valence-electron chi connectivity index (χ0n) is 19.8. The van der Waals surface area contributed by atoms with Gasteiger partial charge in [-0.05, 0) is 65.4 Å². The van der Waals surface area contributed by atoms with Gasteiger partial charge in [0, 0.05) is 5.69 Å². The van der Waals surface area contributed by atoms with Gasteiger partial charge in [-0.1, -0.05) is 57.2 Å². The molecule has 180 valence electrons. The van der Waals surface area contributed by atoms with Crippen molar-refractivity contribution in [2.45, 2.75) is 38.6 Å². The van der Waals surface area contributed by atoms with Crippen LogP contribution in [0.5, 0.6) is 11.5 Å². The fourth-order valence-corrected chi connectivity index (χ4v) is 3.54. The summed E-state index contributed by atoms with van der Waals surface area (Å²) < 4.78 is 10.6. The van der Waals surface area contributed by atoms with E-state index in [1.54, 1.807) is 24.3 Å². The number of anilines is 1. The second-order valence-corrected chi connectivity index (χ2v) is 10.1. The van der Waals surface area contributed by atoms with Crippen molar-refractivity contribution in [1.82, 2.24) is 0 Å². The first-order valence-electron chi connectivity index (χ1n) is 10.8. The number of carbonyl (C=O) groups excluding carboxylic acids is 1. The molecule has 0 spiro atoms. The summed E-state index contributed by atoms with van der Waals surface area (Å²) in [7, 11) is -2.58. The minimum Gasteiger partial charge on any atom is -0.457 e. The molecular formula is C26H31N2O5P. The van der Waals surface area contributed by atoms with E-state index in [-0.39, 0.29) is 12.0 Å². The van der Waals surface area contributed by atoms with Gasteiger partial charge in [-0.2, -0.15) is 0 Å². The van der Waals surface area contributed by atoms with E-state index >= 15 is 0 Å². The summed E-state index contributed by atoms with van der Waals surface area (Å²) >= 11 is 0. The van der Waals surface area contributed by atoms with Crippen LogP contribution < -0.4 is 15.8 Å². The van der Waals surface area contributed by atoms with E-state index < -0.39 is 20.0 Å². The molecule has 7 nitrogen and oxygen atoms in total. The predicted molar refractivity (Wildman–Crippen MR) is 136 cm³/mol. The third kappa shape index (κ3) is 7.10. The number of ether oxygens (including phenoxy) is 1. The van der Waals surface area contributed by atoms with E-state index in [4.69, 9.17) is 20.3 Å². The van der Waals surface area contributed by atoms with Gasteiger partial charge in [-0.15, -0.1) is 0 Å². The van der Waals surface area contributed by atoms with Crippen LogP contribution in [0.4, 0.5) is 5.69 Å². The Bertz CT molecular complexity index is 1090. The predicted octanol–water partition coefficient (Wildman–Crippen LogP) is 5.33. The standard InChI is InChI=1S/C26H31N2O5P/c1-25(2,3)20-9-5-18(6-10-20)19-7-13-22(14-8-19)33-23-15-11-21(12-16-23)28-24(29)26(4,27)17-32-34(30)31/h5-16,30-31H,17,27H2,1-4H3,(H,28,29)/t26-/m0/s1. The molecule has 0 saturated heterocycles. The van der Waals surface area contributed by atoms with E-state index in [0.717, 1.165) is 11.1 Å². The first-order chi connectivity index (χ1) is 15.9. The van der Waals surface area contributed by atoms with Crippen molar-refractivity contribution >= 4 is 20.2 Å². The van der Waals surface area contributed by atoms with Crippen molar-refractivity contribution in [2.75, 3.05) is 11.9 Å². The van der Waals surface area contributed by atoms with Crippen LogP contribution in [0.25, 0.3) is 11.1 Å². The lowest BCUT2D eigenvalue weighted by Gasteiger charge is -2.23. The molecule has 0 heterocycles. The zero-order chi connectivity index (χ0) is 24.9. The molecule has 5 N–H and O–H groups in total. The van der Waals surface area contributed by atoms with Crippen LogP contribution in [0.15, 0.2) is 72.8 Å². The van der Waals surface area contributed by atoms with E-state index in [9.17, 15) is 4.79 Å². The van der Waals surface area contributed by atoms with Gasteiger partial charge in [-0.25, -0.2) is 0 Å². The Morgan fingerprint density at radius 1 is 0.853 bits per heavy atom. The molecule has 0 aliphatic rings. The number of nitrogens with one attached hydrogen (secondary N) is 1. The average Bonchev–Trinajstić information content (AvgIpc) is 2.79. The van der Waals surface area contributed by atoms with E-state index in [1.807, 2.05) is 24.3 Å². The number of hydrogen-bond acceptors (Lipinski definition) is 6. The highest BCUT2D eigenvalue weighted by atomic mass is 31.2. The topological polar surface area (TPSA) is 114 Å². The Labute approximate surface area is 201 Å². The first-order valence-corrected chi connectivity index (χ1v) is 12.0. The number of benzene rings is 3. The number of amides is 1. The van der Waals surface area contributed by atoms with Crippen molar-refractivity contribution in [1.29, 1.82) is 0 Å². The molecule has 34 heavy (non-hydrogen) atoms. The quantitative estimate of drug-likeness (QED) is 0.323. The van der Waals surface area contributed by atoms with Crippen LogP contribution in [0.3, 0.4) is 0 Å². The summed E-state index contributed by atoms with van der Waals surface area (Å²) in [6.45, 7) is 7.72. The molecule has 0 aliphatic heterocycles. The van der Waals surface area contributed by atoms with Crippen LogP contribution in [0, 0.1) is 0 Å². The normalized spacial score (nSPS) is 13.4. The summed E-state index contributed by atoms with van der Waals surface area (Å²) in [6.07, 6.45) is 0. The molecule has 8 heteroatoms. The highest BCUT2D eigenvalue weighted by Crippen LogP contribution is 2.29. The minimum absolute atomic E-state index is 0.122. The summed E-state index contributed by atoms with van der Waals surface area (Å²) in [4.78, 5) is 30.0. The SMILES string of the molecule is CC(C)(C)c1ccc(-c2ccc(Oc3ccc(NC(=O)[C@@](C)(N)COP(O)O)cc3)cc2)cc1. The molecule has 0 aromatic heterocycles. The maximum absolute atomic E-state index is 12.3. The molecular weight excluding hydrogens is 451 g/mol. The molecule has 0 saturated carbocycles. The van der Waals surface area contributed by atoms with Crippen LogP contribution in [0.1, 0.15) is 33.3 Å². The summed E-state index contributed by atoms with van der Waals surface area (Å²) in [5.41, 5.74) is 8.67. The van der Waals surface area contributed by atoms with E-state index in [0.29, 0.717) is 17.2 Å². The summed E-state index contributed by atoms with van der Waals surface area (Å²) in [5, 5.41) is 2.68. The minimum atomic E-state index is -2.58. The number of hydrogen-bond donors (Lipinski definition) is 4. The van der Waals surface area contributed by atoms with E-state index in [2.05, 4.69) is 54.9 Å². The third-order valence-electron chi connectivity index (χ3n) is 5.29. The summed E-state index contributed by atoms with van der Waals surface area (Å²) in [5.74, 6) is 0.803. The van der Waals surface area contributed by atoms with Crippen LogP contribution in [-0.2, 0) is 14.7 Å². The van der Waals surface area contributed by atoms with E-state index in [1.165, 1.54) is 12.5 Å². The van der Waals surface area contributed by atoms with Gasteiger partial charge in [0.05, 0.1) is 6.61 Å². The van der Waals surface area contributed by atoms with Crippen molar-refractivity contribution in [3.05, 3.63) is 78.4 Å². The number of rotatable bonds is 8. The Morgan fingerprint density at radius 3 is 1.79 bits per heavy atom. The molecule has 0 bridgehead atoms. The second kappa shape index (κ2) is 10.6. The summed E-state index contributed by atoms with van der Waals surface area (Å²) in [6, 6.07) is 23.3. The molecule has 3 aromatic rings. The van der Waals surface area contributed by atoms with Gasteiger partial charge in [0.25, 0.3) is 0 Å². The van der Waals surface area contributed by atoms with Crippen LogP contribution >= 0.6 is 8.60 Å². The molecule has 0 aliphatic carbocycles. The Morgan fingerprint density at radius 2 is 1.32 bits per heavy atom. The fraction of sp³-hybridized carbons (Fsp3) is 0.269. The Kier molecular flexibility index (Phi) is 8.08. The average molecular weight is 483 g/mol. The zero-order valence-corrected chi connectivity index (χ0v) is 20.7. The van der Waals surface area contributed by atoms with Crippen molar-refractivity contribution in [3.63, 3.8) is 0 Å². The molecule has 1 atom stereocenters. The van der Waals surface area contributed by atoms with Gasteiger partial charge in [0.1, 0.15) is 17.0 Å². The van der Waals surface area contributed by atoms with Gasteiger partial charge in [-0.3, -0.25) is 4.79 Å². The van der Waals surface area contributed by atoms with Gasteiger partial charge in [0.15, 0.2) is 0 Å². The molecule has 0 unspecified atom stereocenters. The number of carbonyl (C=O) groups is 1. The van der Waals surface area contributed by atoms with Crippen molar-refractivity contribution < 1.29 is 23.8 Å². The number of nitrogens with two attached hydrogens (primary N) is 1. The molecule has 1 amide bonds. The van der Waals surface area contributed by atoms with Gasteiger partial charge in [0.2, 0.25) is 5.91 Å². The maximum atomic E-state index is 12.3. The van der Waals surface area contributed by atoms with Gasteiger partial charge < -0.3 is 30.1 Å². The molecule has 3 rings (SSSR count). The second-order valence-electron chi connectivity index (χ2n) is 9.38. The van der Waals surface area contributed by atoms with Crippen molar-refractivity contribution in [2.24, 2.45) is 5.73 Å². The highest BCUT2D eigenvalue weighted by Gasteiger charge is 2.30. The van der Waals surface area contributed by atoms with Gasteiger partial charge >= 0.3 is 8.60 Å². The Hall–Kier alpha value is -2.80. The molecule has 0 radical (unpaired) electrons. The smallest absolute Gasteiger partial charge is 0.327 e. The lowest BCUT2D eigenvalue weighted by Crippen LogP contribution is -2.51. The van der Waals surface area contributed by atoms with Crippen molar-refractivity contribution in [3.8, 4) is 22.6 Å². The monoisotopic (exact) mass is 482 g/mol. The highest BCUT2D eigenvalue weighted by molar-refractivity contribution is 7.39. The third-order valence-corrected chi connectivity index (χ3v) is 5.65. The lowest BCUT2D eigenvalue weighted by atomic mass is 9.86.